The standard InChI is InChI=1S/C12H16BrNO2/c1-3-16-12(4-5-15-8-12)10-6-9(2)7-11(13)14-10/h6-7H,3-5,8H2,1-2H3/t12-/m0/s1. The maximum absolute atomic E-state index is 5.88. The predicted octanol–water partition coefficient (Wildman–Crippen LogP) is 2.80. The second kappa shape index (κ2) is 4.82. The van der Waals surface area contributed by atoms with Crippen molar-refractivity contribution in [1.82, 2.24) is 4.98 Å². The van der Waals surface area contributed by atoms with Gasteiger partial charge in [0.15, 0.2) is 0 Å². The van der Waals surface area contributed by atoms with Gasteiger partial charge in [-0.25, -0.2) is 4.98 Å². The Kier molecular flexibility index (Phi) is 3.62. The Balaban J connectivity index is 2.38. The number of nitrogens with zero attached hydrogens (tertiary/aromatic N) is 1. The topological polar surface area (TPSA) is 31.4 Å². The van der Waals surface area contributed by atoms with Crippen molar-refractivity contribution in [2.24, 2.45) is 0 Å². The molecule has 0 saturated carbocycles. The molecule has 16 heavy (non-hydrogen) atoms. The van der Waals surface area contributed by atoms with Gasteiger partial charge >= 0.3 is 0 Å². The Labute approximate surface area is 104 Å². The first kappa shape index (κ1) is 12.0. The number of hydrogen-bond acceptors (Lipinski definition) is 3. The molecule has 0 radical (unpaired) electrons. The molecule has 1 aromatic rings. The molecule has 1 fully saturated rings. The number of aryl methyl sites for hydroxylation is 1. The van der Waals surface area contributed by atoms with Crippen molar-refractivity contribution < 1.29 is 9.47 Å². The SMILES string of the molecule is CCO[C@@]1(c2cc(C)cc(Br)n2)CCOC1. The maximum atomic E-state index is 5.88. The molecule has 4 heteroatoms. The minimum Gasteiger partial charge on any atom is -0.378 e. The van der Waals surface area contributed by atoms with E-state index >= 15 is 0 Å². The number of halogens is 1. The third-order valence-electron chi connectivity index (χ3n) is 2.81. The number of ether oxygens (including phenoxy) is 2. The molecular formula is C12H16BrNO2. The third-order valence-corrected chi connectivity index (χ3v) is 3.22. The van der Waals surface area contributed by atoms with Gasteiger partial charge in [-0.2, -0.15) is 0 Å². The van der Waals surface area contributed by atoms with E-state index < -0.39 is 0 Å². The molecule has 1 aliphatic rings. The van der Waals surface area contributed by atoms with E-state index in [0.717, 1.165) is 23.3 Å². The minimum absolute atomic E-state index is 0.344. The van der Waals surface area contributed by atoms with Gasteiger partial charge in [0.05, 0.1) is 12.3 Å². The Morgan fingerprint density at radius 3 is 2.94 bits per heavy atom. The van der Waals surface area contributed by atoms with Crippen molar-refractivity contribution in [3.05, 3.63) is 28.0 Å². The second-order valence-electron chi connectivity index (χ2n) is 4.08. The van der Waals surface area contributed by atoms with Gasteiger partial charge in [-0.15, -0.1) is 0 Å². The minimum atomic E-state index is -0.344. The molecule has 0 aliphatic carbocycles. The van der Waals surface area contributed by atoms with Gasteiger partial charge in [0, 0.05) is 19.6 Å². The van der Waals surface area contributed by atoms with Crippen LogP contribution in [-0.2, 0) is 15.1 Å². The summed E-state index contributed by atoms with van der Waals surface area (Å²) in [6.07, 6.45) is 0.879. The van der Waals surface area contributed by atoms with Crippen LogP contribution >= 0.6 is 15.9 Å². The van der Waals surface area contributed by atoms with Crippen molar-refractivity contribution in [3.8, 4) is 0 Å². The summed E-state index contributed by atoms with van der Waals surface area (Å²) in [6, 6.07) is 4.08. The molecule has 0 amide bonds. The Morgan fingerprint density at radius 2 is 2.38 bits per heavy atom. The normalized spacial score (nSPS) is 24.9. The van der Waals surface area contributed by atoms with E-state index in [1.54, 1.807) is 0 Å². The summed E-state index contributed by atoms with van der Waals surface area (Å²) >= 11 is 3.43. The zero-order chi connectivity index (χ0) is 11.6. The lowest BCUT2D eigenvalue weighted by Gasteiger charge is -2.27. The van der Waals surface area contributed by atoms with E-state index in [4.69, 9.17) is 9.47 Å². The lowest BCUT2D eigenvalue weighted by atomic mass is 9.97. The molecule has 3 nitrogen and oxygen atoms in total. The van der Waals surface area contributed by atoms with E-state index in [1.165, 1.54) is 5.56 Å². The molecule has 1 aliphatic heterocycles. The zero-order valence-corrected chi connectivity index (χ0v) is 11.2. The Morgan fingerprint density at radius 1 is 1.56 bits per heavy atom. The van der Waals surface area contributed by atoms with Gasteiger partial charge in [0.2, 0.25) is 0 Å². The van der Waals surface area contributed by atoms with Crippen LogP contribution in [0.1, 0.15) is 24.6 Å². The lowest BCUT2D eigenvalue weighted by molar-refractivity contribution is -0.0514. The summed E-state index contributed by atoms with van der Waals surface area (Å²) in [6.45, 7) is 6.09. The molecule has 1 saturated heterocycles. The zero-order valence-electron chi connectivity index (χ0n) is 9.62. The fraction of sp³-hybridized carbons (Fsp3) is 0.583. The largest absolute Gasteiger partial charge is 0.378 e. The number of rotatable bonds is 3. The van der Waals surface area contributed by atoms with E-state index in [2.05, 4.69) is 33.9 Å². The molecule has 0 spiro atoms. The first-order valence-corrected chi connectivity index (χ1v) is 6.32. The Bertz CT molecular complexity index is 355. The van der Waals surface area contributed by atoms with Crippen LogP contribution in [0.4, 0.5) is 0 Å². The Hall–Kier alpha value is -0.450. The average molecular weight is 286 g/mol. The van der Waals surface area contributed by atoms with Crippen LogP contribution in [0.15, 0.2) is 16.7 Å². The molecule has 1 atom stereocenters. The summed E-state index contributed by atoms with van der Waals surface area (Å²) in [5.74, 6) is 0. The van der Waals surface area contributed by atoms with E-state index in [1.807, 2.05) is 13.0 Å². The lowest BCUT2D eigenvalue weighted by Crippen LogP contribution is -2.31. The molecule has 88 valence electrons. The van der Waals surface area contributed by atoms with Gasteiger partial charge in [0.1, 0.15) is 10.2 Å². The van der Waals surface area contributed by atoms with Gasteiger partial charge < -0.3 is 9.47 Å². The molecule has 2 heterocycles. The van der Waals surface area contributed by atoms with Gasteiger partial charge in [-0.1, -0.05) is 0 Å². The fourth-order valence-electron chi connectivity index (χ4n) is 2.07. The van der Waals surface area contributed by atoms with Crippen LogP contribution in [-0.4, -0.2) is 24.8 Å². The van der Waals surface area contributed by atoms with Crippen molar-refractivity contribution in [2.45, 2.75) is 25.9 Å². The highest BCUT2D eigenvalue weighted by Crippen LogP contribution is 2.34. The second-order valence-corrected chi connectivity index (χ2v) is 4.89. The van der Waals surface area contributed by atoms with Crippen LogP contribution in [0, 0.1) is 6.92 Å². The monoisotopic (exact) mass is 285 g/mol. The summed E-state index contributed by atoms with van der Waals surface area (Å²) in [5, 5.41) is 0. The van der Waals surface area contributed by atoms with Crippen LogP contribution < -0.4 is 0 Å². The van der Waals surface area contributed by atoms with E-state index in [0.29, 0.717) is 13.2 Å². The van der Waals surface area contributed by atoms with Crippen molar-refractivity contribution in [3.63, 3.8) is 0 Å². The molecule has 0 aromatic carbocycles. The first-order chi connectivity index (χ1) is 7.66. The summed E-state index contributed by atoms with van der Waals surface area (Å²) in [5.41, 5.74) is 1.81. The average Bonchev–Trinajstić information content (AvgIpc) is 2.66. The van der Waals surface area contributed by atoms with Crippen LogP contribution in [0.2, 0.25) is 0 Å². The molecule has 0 N–H and O–H groups in total. The summed E-state index contributed by atoms with van der Waals surface area (Å²) in [7, 11) is 0. The van der Waals surface area contributed by atoms with Crippen LogP contribution in [0.3, 0.4) is 0 Å². The number of aromatic nitrogens is 1. The van der Waals surface area contributed by atoms with Crippen LogP contribution in [0.5, 0.6) is 0 Å². The highest BCUT2D eigenvalue weighted by Gasteiger charge is 2.39. The summed E-state index contributed by atoms with van der Waals surface area (Å²) < 4.78 is 12.2. The highest BCUT2D eigenvalue weighted by atomic mass is 79.9. The predicted molar refractivity (Wildman–Crippen MR) is 65.4 cm³/mol. The molecule has 2 rings (SSSR count). The third kappa shape index (κ3) is 2.29. The van der Waals surface area contributed by atoms with Gasteiger partial charge in [-0.05, 0) is 47.5 Å². The number of pyridine rings is 1. The highest BCUT2D eigenvalue weighted by molar-refractivity contribution is 9.10. The molecule has 1 aromatic heterocycles. The fourth-order valence-corrected chi connectivity index (χ4v) is 2.62. The van der Waals surface area contributed by atoms with Crippen LogP contribution in [0.25, 0.3) is 0 Å². The number of hydrogen-bond donors (Lipinski definition) is 0. The quantitative estimate of drug-likeness (QED) is 0.801. The maximum Gasteiger partial charge on any atom is 0.135 e. The molecule has 0 unspecified atom stereocenters. The van der Waals surface area contributed by atoms with Crippen molar-refractivity contribution >= 4 is 15.9 Å². The first-order valence-electron chi connectivity index (χ1n) is 5.53. The smallest absolute Gasteiger partial charge is 0.135 e. The van der Waals surface area contributed by atoms with Crippen molar-refractivity contribution in [2.75, 3.05) is 19.8 Å². The van der Waals surface area contributed by atoms with Crippen molar-refractivity contribution in [1.29, 1.82) is 0 Å². The van der Waals surface area contributed by atoms with Gasteiger partial charge in [-0.3, -0.25) is 0 Å². The summed E-state index contributed by atoms with van der Waals surface area (Å²) in [4.78, 5) is 4.52. The molecular weight excluding hydrogens is 270 g/mol. The van der Waals surface area contributed by atoms with Gasteiger partial charge in [0.25, 0.3) is 0 Å². The van der Waals surface area contributed by atoms with E-state index in [-0.39, 0.29) is 5.60 Å². The van der Waals surface area contributed by atoms with E-state index in [9.17, 15) is 0 Å². The molecule has 0 bridgehead atoms.